The predicted octanol–water partition coefficient (Wildman–Crippen LogP) is 2.13. The molecule has 104 valence electrons. The number of pyridine rings is 1. The third-order valence-electron chi connectivity index (χ3n) is 3.68. The zero-order chi connectivity index (χ0) is 13.7. The molecule has 0 radical (unpaired) electrons. The first-order valence-electron chi connectivity index (χ1n) is 7.15. The predicted molar refractivity (Wildman–Crippen MR) is 75.7 cm³/mol. The Kier molecular flexibility index (Phi) is 4.91. The molecule has 0 aromatic carbocycles. The molecule has 1 aliphatic heterocycles. The van der Waals surface area contributed by atoms with Crippen LogP contribution in [0.1, 0.15) is 44.7 Å². The molecule has 0 saturated carbocycles. The molecule has 0 bridgehead atoms. The minimum atomic E-state index is 0.218. The van der Waals surface area contributed by atoms with Crippen LogP contribution >= 0.6 is 0 Å². The van der Waals surface area contributed by atoms with Crippen molar-refractivity contribution in [1.29, 1.82) is 0 Å². The summed E-state index contributed by atoms with van der Waals surface area (Å²) in [7, 11) is 0. The number of likely N-dealkylation sites (tertiary alicyclic amines) is 1. The van der Waals surface area contributed by atoms with Gasteiger partial charge in [0.25, 0.3) is 0 Å². The lowest BCUT2D eigenvalue weighted by Gasteiger charge is -2.26. The monoisotopic (exact) mass is 261 g/mol. The summed E-state index contributed by atoms with van der Waals surface area (Å²) in [6, 6.07) is 4.47. The second-order valence-electron chi connectivity index (χ2n) is 5.19. The number of amides is 1. The topological polar surface area (TPSA) is 45.2 Å². The van der Waals surface area contributed by atoms with Gasteiger partial charge in [-0.25, -0.2) is 0 Å². The first-order chi connectivity index (χ1) is 9.22. The molecular weight excluding hydrogens is 238 g/mol. The molecule has 1 aliphatic rings. The largest absolute Gasteiger partial charge is 0.336 e. The Morgan fingerprint density at radius 3 is 3.16 bits per heavy atom. The van der Waals surface area contributed by atoms with Crippen molar-refractivity contribution in [2.24, 2.45) is 0 Å². The van der Waals surface area contributed by atoms with Crippen molar-refractivity contribution in [2.75, 3.05) is 13.1 Å². The Bertz CT molecular complexity index is 407. The van der Waals surface area contributed by atoms with Crippen LogP contribution in [0, 0.1) is 0 Å². The summed E-state index contributed by atoms with van der Waals surface area (Å²) in [6.45, 7) is 5.91. The molecule has 1 saturated heterocycles. The number of hydrogen-bond donors (Lipinski definition) is 1. The van der Waals surface area contributed by atoms with Crippen molar-refractivity contribution < 1.29 is 4.79 Å². The van der Waals surface area contributed by atoms with Crippen LogP contribution in [0.2, 0.25) is 0 Å². The van der Waals surface area contributed by atoms with Crippen LogP contribution < -0.4 is 5.32 Å². The van der Waals surface area contributed by atoms with Gasteiger partial charge in [0.2, 0.25) is 5.91 Å². The fourth-order valence-electron chi connectivity index (χ4n) is 2.78. The van der Waals surface area contributed by atoms with Gasteiger partial charge in [-0.05, 0) is 37.9 Å². The van der Waals surface area contributed by atoms with E-state index in [4.69, 9.17) is 0 Å². The van der Waals surface area contributed by atoms with E-state index in [2.05, 4.69) is 30.2 Å². The van der Waals surface area contributed by atoms with Gasteiger partial charge >= 0.3 is 0 Å². The number of carbonyl (C=O) groups excluding carboxylic acids is 1. The van der Waals surface area contributed by atoms with E-state index in [1.807, 2.05) is 17.2 Å². The third-order valence-corrected chi connectivity index (χ3v) is 3.68. The van der Waals surface area contributed by atoms with Gasteiger partial charge in [-0.3, -0.25) is 9.78 Å². The lowest BCUT2D eigenvalue weighted by Crippen LogP contribution is -2.36. The molecular formula is C15H23N3O. The highest BCUT2D eigenvalue weighted by molar-refractivity contribution is 5.77. The summed E-state index contributed by atoms with van der Waals surface area (Å²) in [6.07, 6.45) is 6.36. The molecule has 2 unspecified atom stereocenters. The summed E-state index contributed by atoms with van der Waals surface area (Å²) in [4.78, 5) is 18.6. The van der Waals surface area contributed by atoms with Gasteiger partial charge < -0.3 is 10.2 Å². The number of nitrogens with zero attached hydrogens (tertiary/aromatic N) is 2. The molecule has 4 nitrogen and oxygen atoms in total. The van der Waals surface area contributed by atoms with Crippen LogP contribution in [0.3, 0.4) is 0 Å². The van der Waals surface area contributed by atoms with Gasteiger partial charge in [-0.2, -0.15) is 0 Å². The molecule has 2 rings (SSSR count). The Morgan fingerprint density at radius 1 is 1.63 bits per heavy atom. The maximum absolute atomic E-state index is 12.4. The summed E-state index contributed by atoms with van der Waals surface area (Å²) < 4.78 is 0. The number of aromatic nitrogens is 1. The summed E-state index contributed by atoms with van der Waals surface area (Å²) in [5.41, 5.74) is 1.16. The molecule has 2 heterocycles. The highest BCUT2D eigenvalue weighted by Crippen LogP contribution is 2.31. The Morgan fingerprint density at radius 2 is 2.47 bits per heavy atom. The van der Waals surface area contributed by atoms with Crippen molar-refractivity contribution in [3.63, 3.8) is 0 Å². The lowest BCUT2D eigenvalue weighted by atomic mass is 10.1. The van der Waals surface area contributed by atoms with E-state index in [0.717, 1.165) is 31.5 Å². The van der Waals surface area contributed by atoms with Gasteiger partial charge in [-0.1, -0.05) is 13.0 Å². The van der Waals surface area contributed by atoms with Gasteiger partial charge in [0, 0.05) is 31.4 Å². The van der Waals surface area contributed by atoms with Gasteiger partial charge in [-0.15, -0.1) is 0 Å². The molecule has 2 atom stereocenters. The maximum atomic E-state index is 12.4. The normalized spacial score (nSPS) is 20.5. The van der Waals surface area contributed by atoms with Crippen molar-refractivity contribution in [1.82, 2.24) is 15.2 Å². The van der Waals surface area contributed by atoms with Crippen molar-refractivity contribution in [3.05, 3.63) is 30.1 Å². The first-order valence-corrected chi connectivity index (χ1v) is 7.15. The van der Waals surface area contributed by atoms with Crippen LogP contribution in [0.15, 0.2) is 24.5 Å². The summed E-state index contributed by atoms with van der Waals surface area (Å²) >= 11 is 0. The minimum absolute atomic E-state index is 0.218. The van der Waals surface area contributed by atoms with Crippen LogP contribution in [0.25, 0.3) is 0 Å². The van der Waals surface area contributed by atoms with Crippen LogP contribution in [0.5, 0.6) is 0 Å². The fraction of sp³-hybridized carbons (Fsp3) is 0.600. The molecule has 1 amide bonds. The average Bonchev–Trinajstić information content (AvgIpc) is 2.89. The van der Waals surface area contributed by atoms with E-state index in [1.165, 1.54) is 0 Å². The molecule has 0 aliphatic carbocycles. The van der Waals surface area contributed by atoms with Crippen molar-refractivity contribution >= 4 is 5.91 Å². The molecule has 1 aromatic heterocycles. The molecule has 1 N–H and O–H groups in total. The second kappa shape index (κ2) is 6.66. The zero-order valence-corrected chi connectivity index (χ0v) is 11.8. The average molecular weight is 261 g/mol. The molecule has 19 heavy (non-hydrogen) atoms. The van der Waals surface area contributed by atoms with E-state index >= 15 is 0 Å². The maximum Gasteiger partial charge on any atom is 0.224 e. The number of nitrogens with one attached hydrogen (secondary N) is 1. The van der Waals surface area contributed by atoms with Gasteiger partial charge in [0.05, 0.1) is 6.04 Å². The summed E-state index contributed by atoms with van der Waals surface area (Å²) in [5.74, 6) is 0.250. The third kappa shape index (κ3) is 3.53. The van der Waals surface area contributed by atoms with E-state index in [0.29, 0.717) is 6.42 Å². The Labute approximate surface area is 115 Å². The standard InChI is InChI=1S/C15H23N3O/c1-3-17-12(2)10-15(19)18-9-5-7-14(18)13-6-4-8-16-11-13/h4,6,8,11-12,14,17H,3,5,7,9-10H2,1-2H3. The molecule has 0 spiro atoms. The zero-order valence-electron chi connectivity index (χ0n) is 11.8. The van der Waals surface area contributed by atoms with E-state index in [1.54, 1.807) is 6.20 Å². The van der Waals surface area contributed by atoms with Crippen molar-refractivity contribution in [3.8, 4) is 0 Å². The molecule has 1 fully saturated rings. The number of hydrogen-bond acceptors (Lipinski definition) is 3. The number of rotatable bonds is 5. The second-order valence-corrected chi connectivity index (χ2v) is 5.19. The first kappa shape index (κ1) is 14.0. The van der Waals surface area contributed by atoms with Gasteiger partial charge in [0.15, 0.2) is 0 Å². The van der Waals surface area contributed by atoms with Crippen LogP contribution in [0.4, 0.5) is 0 Å². The fourth-order valence-corrected chi connectivity index (χ4v) is 2.78. The highest BCUT2D eigenvalue weighted by atomic mass is 16.2. The van der Waals surface area contributed by atoms with Crippen LogP contribution in [-0.4, -0.2) is 34.9 Å². The van der Waals surface area contributed by atoms with E-state index < -0.39 is 0 Å². The quantitative estimate of drug-likeness (QED) is 0.883. The van der Waals surface area contributed by atoms with Crippen LogP contribution in [-0.2, 0) is 4.79 Å². The molecule has 4 heteroatoms. The lowest BCUT2D eigenvalue weighted by molar-refractivity contribution is -0.132. The molecule has 1 aromatic rings. The Hall–Kier alpha value is -1.42. The minimum Gasteiger partial charge on any atom is -0.336 e. The number of carbonyl (C=O) groups is 1. The smallest absolute Gasteiger partial charge is 0.224 e. The van der Waals surface area contributed by atoms with Crippen molar-refractivity contribution in [2.45, 2.75) is 45.2 Å². The SMILES string of the molecule is CCNC(C)CC(=O)N1CCCC1c1cccnc1. The van der Waals surface area contributed by atoms with E-state index in [9.17, 15) is 4.79 Å². The highest BCUT2D eigenvalue weighted by Gasteiger charge is 2.30. The van der Waals surface area contributed by atoms with Gasteiger partial charge in [0.1, 0.15) is 0 Å². The Balaban J connectivity index is 2.01. The van der Waals surface area contributed by atoms with E-state index in [-0.39, 0.29) is 18.0 Å². The summed E-state index contributed by atoms with van der Waals surface area (Å²) in [5, 5.41) is 3.29.